The zero-order valence-corrected chi connectivity index (χ0v) is 12.7. The van der Waals surface area contributed by atoms with Gasteiger partial charge in [0.2, 0.25) is 11.8 Å². The van der Waals surface area contributed by atoms with Crippen molar-refractivity contribution in [2.75, 3.05) is 19.6 Å². The van der Waals surface area contributed by atoms with Crippen LogP contribution >= 0.6 is 0 Å². The Kier molecular flexibility index (Phi) is 5.63. The maximum absolute atomic E-state index is 12.6. The molecule has 0 aromatic heterocycles. The summed E-state index contributed by atoms with van der Waals surface area (Å²) in [6.07, 6.45) is -2.33. The molecule has 1 aliphatic heterocycles. The van der Waals surface area contributed by atoms with Gasteiger partial charge in [0.15, 0.2) is 0 Å². The molecule has 1 N–H and O–H groups in total. The first kappa shape index (κ1) is 17.3. The molecule has 1 heterocycles. The first-order valence-electron chi connectivity index (χ1n) is 7.57. The van der Waals surface area contributed by atoms with E-state index >= 15 is 0 Å². The van der Waals surface area contributed by atoms with E-state index < -0.39 is 17.6 Å². The van der Waals surface area contributed by atoms with Crippen molar-refractivity contribution in [1.82, 2.24) is 10.2 Å². The third-order valence-corrected chi connectivity index (χ3v) is 3.74. The van der Waals surface area contributed by atoms with Gasteiger partial charge in [0.1, 0.15) is 0 Å². The van der Waals surface area contributed by atoms with Crippen LogP contribution in [0, 0.1) is 0 Å². The van der Waals surface area contributed by atoms with Crippen LogP contribution in [-0.4, -0.2) is 36.3 Å². The first-order valence-corrected chi connectivity index (χ1v) is 7.57. The van der Waals surface area contributed by atoms with E-state index in [1.54, 1.807) is 4.90 Å². The van der Waals surface area contributed by atoms with Gasteiger partial charge in [-0.2, -0.15) is 13.2 Å². The number of nitrogens with zero attached hydrogens (tertiary/aromatic N) is 1. The standard InChI is InChI=1S/C16H19F3N2O2/c17-16(18,19)13-5-3-4-12(10-13)11-14(22)20-7-6-15(23)21-8-1-2-9-21/h3-5,10H,1-2,6-9,11H2,(H,20,22). The molecule has 0 spiro atoms. The van der Waals surface area contributed by atoms with Gasteiger partial charge >= 0.3 is 6.18 Å². The smallest absolute Gasteiger partial charge is 0.355 e. The zero-order chi connectivity index (χ0) is 16.9. The first-order chi connectivity index (χ1) is 10.9. The van der Waals surface area contributed by atoms with Gasteiger partial charge in [0.05, 0.1) is 12.0 Å². The number of carbonyl (C=O) groups excluding carboxylic acids is 2. The fourth-order valence-corrected chi connectivity index (χ4v) is 2.54. The second kappa shape index (κ2) is 7.48. The molecule has 2 rings (SSSR count). The predicted octanol–water partition coefficient (Wildman–Crippen LogP) is 2.38. The number of amides is 2. The Hall–Kier alpha value is -2.05. The Morgan fingerprint density at radius 3 is 2.52 bits per heavy atom. The van der Waals surface area contributed by atoms with Crippen molar-refractivity contribution in [1.29, 1.82) is 0 Å². The molecule has 4 nitrogen and oxygen atoms in total. The molecule has 23 heavy (non-hydrogen) atoms. The van der Waals surface area contributed by atoms with Crippen molar-refractivity contribution in [2.24, 2.45) is 0 Å². The topological polar surface area (TPSA) is 49.4 Å². The van der Waals surface area contributed by atoms with Gasteiger partial charge in [-0.3, -0.25) is 9.59 Å². The minimum Gasteiger partial charge on any atom is -0.355 e. The lowest BCUT2D eigenvalue weighted by molar-refractivity contribution is -0.137. The number of halogens is 3. The van der Waals surface area contributed by atoms with Crippen LogP contribution in [0.3, 0.4) is 0 Å². The summed E-state index contributed by atoms with van der Waals surface area (Å²) < 4.78 is 37.8. The summed E-state index contributed by atoms with van der Waals surface area (Å²) in [5.41, 5.74) is -0.477. The van der Waals surface area contributed by atoms with Crippen molar-refractivity contribution in [2.45, 2.75) is 31.9 Å². The predicted molar refractivity (Wildman–Crippen MR) is 78.6 cm³/mol. The lowest BCUT2D eigenvalue weighted by Crippen LogP contribution is -2.33. The second-order valence-corrected chi connectivity index (χ2v) is 5.56. The third kappa shape index (κ3) is 5.26. The average Bonchev–Trinajstić information content (AvgIpc) is 3.00. The second-order valence-electron chi connectivity index (χ2n) is 5.56. The molecule has 7 heteroatoms. The molecule has 0 aliphatic carbocycles. The van der Waals surface area contributed by atoms with Crippen molar-refractivity contribution < 1.29 is 22.8 Å². The minimum absolute atomic E-state index is 0.00173. The van der Waals surface area contributed by atoms with Gasteiger partial charge in [-0.1, -0.05) is 18.2 Å². The van der Waals surface area contributed by atoms with Crippen LogP contribution in [0.4, 0.5) is 13.2 Å². The third-order valence-electron chi connectivity index (χ3n) is 3.74. The Bertz CT molecular complexity index is 567. The molecule has 1 aliphatic rings. The molecule has 1 aromatic carbocycles. The van der Waals surface area contributed by atoms with E-state index in [4.69, 9.17) is 0 Å². The molecule has 0 atom stereocenters. The molecular weight excluding hydrogens is 309 g/mol. The van der Waals surface area contributed by atoms with Crippen molar-refractivity contribution in [3.63, 3.8) is 0 Å². The quantitative estimate of drug-likeness (QED) is 0.902. The number of hydrogen-bond acceptors (Lipinski definition) is 2. The van der Waals surface area contributed by atoms with Crippen molar-refractivity contribution in [3.8, 4) is 0 Å². The molecule has 0 bridgehead atoms. The minimum atomic E-state index is -4.42. The van der Waals surface area contributed by atoms with Crippen molar-refractivity contribution in [3.05, 3.63) is 35.4 Å². The Morgan fingerprint density at radius 2 is 1.87 bits per heavy atom. The number of likely N-dealkylation sites (tertiary alicyclic amines) is 1. The SMILES string of the molecule is O=C(Cc1cccc(C(F)(F)F)c1)NCCC(=O)N1CCCC1. The average molecular weight is 328 g/mol. The van der Waals surface area contributed by atoms with E-state index in [0.29, 0.717) is 5.56 Å². The van der Waals surface area contributed by atoms with E-state index in [-0.39, 0.29) is 25.3 Å². The van der Waals surface area contributed by atoms with Crippen LogP contribution in [0.15, 0.2) is 24.3 Å². The Labute approximate surface area is 132 Å². The largest absolute Gasteiger partial charge is 0.416 e. The maximum atomic E-state index is 12.6. The molecule has 0 radical (unpaired) electrons. The Balaban J connectivity index is 1.77. The molecule has 0 unspecified atom stereocenters. The molecule has 2 amide bonds. The normalized spacial score (nSPS) is 14.8. The number of benzene rings is 1. The molecule has 126 valence electrons. The summed E-state index contributed by atoms with van der Waals surface area (Å²) in [4.78, 5) is 25.3. The van der Waals surface area contributed by atoms with E-state index in [0.717, 1.165) is 38.1 Å². The van der Waals surface area contributed by atoms with E-state index in [2.05, 4.69) is 5.32 Å². The van der Waals surface area contributed by atoms with E-state index in [1.165, 1.54) is 12.1 Å². The van der Waals surface area contributed by atoms with Crippen molar-refractivity contribution >= 4 is 11.8 Å². The summed E-state index contributed by atoms with van der Waals surface area (Å²) >= 11 is 0. The van der Waals surface area contributed by atoms with Gasteiger partial charge in [-0.25, -0.2) is 0 Å². The van der Waals surface area contributed by atoms with Gasteiger partial charge < -0.3 is 10.2 Å². The molecular formula is C16H19F3N2O2. The van der Waals surface area contributed by atoms with Crippen LogP contribution in [0.2, 0.25) is 0 Å². The lowest BCUT2D eigenvalue weighted by Gasteiger charge is -2.15. The number of nitrogens with one attached hydrogen (secondary N) is 1. The summed E-state index contributed by atoms with van der Waals surface area (Å²) in [6, 6.07) is 4.69. The van der Waals surface area contributed by atoms with Gasteiger partial charge in [0, 0.05) is 26.1 Å². The summed E-state index contributed by atoms with van der Waals surface area (Å²) in [5, 5.41) is 2.58. The highest BCUT2D eigenvalue weighted by molar-refractivity contribution is 5.80. The fraction of sp³-hybridized carbons (Fsp3) is 0.500. The summed E-state index contributed by atoms with van der Waals surface area (Å²) in [7, 11) is 0. The van der Waals surface area contributed by atoms with Gasteiger partial charge in [-0.05, 0) is 24.5 Å². The Morgan fingerprint density at radius 1 is 1.17 bits per heavy atom. The highest BCUT2D eigenvalue weighted by atomic mass is 19.4. The van der Waals surface area contributed by atoms with Crippen LogP contribution < -0.4 is 5.32 Å². The maximum Gasteiger partial charge on any atom is 0.416 e. The number of hydrogen-bond donors (Lipinski definition) is 1. The monoisotopic (exact) mass is 328 g/mol. The molecule has 0 saturated carbocycles. The fourth-order valence-electron chi connectivity index (χ4n) is 2.54. The molecule has 1 saturated heterocycles. The van der Waals surface area contributed by atoms with E-state index in [1.807, 2.05) is 0 Å². The highest BCUT2D eigenvalue weighted by Crippen LogP contribution is 2.29. The number of rotatable bonds is 5. The zero-order valence-electron chi connectivity index (χ0n) is 12.7. The molecule has 1 fully saturated rings. The summed E-state index contributed by atoms with van der Waals surface area (Å²) in [6.45, 7) is 1.72. The number of carbonyl (C=O) groups is 2. The van der Waals surface area contributed by atoms with Crippen LogP contribution in [0.5, 0.6) is 0 Å². The highest BCUT2D eigenvalue weighted by Gasteiger charge is 2.30. The number of alkyl halides is 3. The van der Waals surface area contributed by atoms with Gasteiger partial charge in [0.25, 0.3) is 0 Å². The van der Waals surface area contributed by atoms with Crippen LogP contribution in [0.25, 0.3) is 0 Å². The van der Waals surface area contributed by atoms with E-state index in [9.17, 15) is 22.8 Å². The lowest BCUT2D eigenvalue weighted by atomic mass is 10.1. The molecule has 1 aromatic rings. The summed E-state index contributed by atoms with van der Waals surface area (Å²) in [5.74, 6) is -0.389. The van der Waals surface area contributed by atoms with Crippen LogP contribution in [0.1, 0.15) is 30.4 Å². The van der Waals surface area contributed by atoms with Crippen LogP contribution in [-0.2, 0) is 22.2 Å². The van der Waals surface area contributed by atoms with Gasteiger partial charge in [-0.15, -0.1) is 0 Å².